The van der Waals surface area contributed by atoms with E-state index in [4.69, 9.17) is 0 Å². The summed E-state index contributed by atoms with van der Waals surface area (Å²) in [6.07, 6.45) is 1.01. The van der Waals surface area contributed by atoms with Crippen LogP contribution in [0.2, 0.25) is 0 Å². The first kappa shape index (κ1) is 11.9. The summed E-state index contributed by atoms with van der Waals surface area (Å²) in [6.45, 7) is 4.67. The van der Waals surface area contributed by atoms with Gasteiger partial charge in [0.1, 0.15) is 0 Å². The molecular formula is C13H19N3O. The number of rotatable bonds is 1. The predicted octanol–water partition coefficient (Wildman–Crippen LogP) is 1.90. The van der Waals surface area contributed by atoms with Crippen molar-refractivity contribution in [1.29, 1.82) is 0 Å². The van der Waals surface area contributed by atoms with E-state index >= 15 is 0 Å². The first-order valence-corrected chi connectivity index (χ1v) is 6.10. The number of para-hydroxylation sites is 1. The van der Waals surface area contributed by atoms with Gasteiger partial charge in [0.15, 0.2) is 0 Å². The Hall–Kier alpha value is -1.55. The van der Waals surface area contributed by atoms with Crippen LogP contribution in [-0.2, 0) is 0 Å². The standard InChI is InChI=1S/C13H19N3O/c1-11-10-16(9-5-8-14-11)13(17)15-12-6-3-2-4-7-12/h2-4,6-7,11,14H,5,8-10H2,1H3,(H,15,17). The third-order valence-electron chi connectivity index (χ3n) is 2.90. The van der Waals surface area contributed by atoms with Gasteiger partial charge in [-0.05, 0) is 32.0 Å². The summed E-state index contributed by atoms with van der Waals surface area (Å²) in [6, 6.07) is 9.93. The molecule has 0 bridgehead atoms. The molecule has 4 heteroatoms. The van der Waals surface area contributed by atoms with Crippen LogP contribution in [0.4, 0.5) is 10.5 Å². The minimum absolute atomic E-state index is 0.00764. The van der Waals surface area contributed by atoms with Crippen molar-refractivity contribution < 1.29 is 4.79 Å². The number of amides is 2. The molecule has 17 heavy (non-hydrogen) atoms. The summed E-state index contributed by atoms with van der Waals surface area (Å²) in [5.74, 6) is 0. The summed E-state index contributed by atoms with van der Waals surface area (Å²) in [7, 11) is 0. The molecule has 1 aliphatic heterocycles. The molecule has 1 aromatic rings. The van der Waals surface area contributed by atoms with E-state index in [-0.39, 0.29) is 6.03 Å². The quantitative estimate of drug-likeness (QED) is 0.778. The maximum Gasteiger partial charge on any atom is 0.321 e. The fraction of sp³-hybridized carbons (Fsp3) is 0.462. The minimum atomic E-state index is -0.00764. The fourth-order valence-electron chi connectivity index (χ4n) is 2.01. The molecule has 0 aliphatic carbocycles. The van der Waals surface area contributed by atoms with Crippen molar-refractivity contribution in [1.82, 2.24) is 10.2 Å². The summed E-state index contributed by atoms with van der Waals surface area (Å²) < 4.78 is 0. The van der Waals surface area contributed by atoms with Gasteiger partial charge in [-0.15, -0.1) is 0 Å². The number of hydrogen-bond acceptors (Lipinski definition) is 2. The van der Waals surface area contributed by atoms with Crippen molar-refractivity contribution in [3.63, 3.8) is 0 Å². The van der Waals surface area contributed by atoms with Crippen LogP contribution in [0.1, 0.15) is 13.3 Å². The van der Waals surface area contributed by atoms with Crippen LogP contribution in [0, 0.1) is 0 Å². The van der Waals surface area contributed by atoms with E-state index in [9.17, 15) is 4.79 Å². The molecule has 92 valence electrons. The molecule has 2 rings (SSSR count). The van der Waals surface area contributed by atoms with Gasteiger partial charge in [0, 0.05) is 24.8 Å². The van der Waals surface area contributed by atoms with E-state index in [1.54, 1.807) is 0 Å². The molecule has 4 nitrogen and oxygen atoms in total. The maximum absolute atomic E-state index is 12.1. The van der Waals surface area contributed by atoms with Crippen molar-refractivity contribution in [2.45, 2.75) is 19.4 Å². The molecule has 1 unspecified atom stereocenters. The topological polar surface area (TPSA) is 44.4 Å². The Labute approximate surface area is 102 Å². The van der Waals surface area contributed by atoms with Crippen molar-refractivity contribution in [2.24, 2.45) is 0 Å². The highest BCUT2D eigenvalue weighted by Gasteiger charge is 2.18. The van der Waals surface area contributed by atoms with E-state index in [1.807, 2.05) is 35.2 Å². The molecule has 2 N–H and O–H groups in total. The first-order chi connectivity index (χ1) is 8.25. The van der Waals surface area contributed by atoms with Gasteiger partial charge in [-0.1, -0.05) is 18.2 Å². The lowest BCUT2D eigenvalue weighted by molar-refractivity contribution is 0.211. The normalized spacial score (nSPS) is 20.8. The Kier molecular flexibility index (Phi) is 3.98. The van der Waals surface area contributed by atoms with Crippen molar-refractivity contribution >= 4 is 11.7 Å². The second-order valence-electron chi connectivity index (χ2n) is 4.45. The van der Waals surface area contributed by atoms with Gasteiger partial charge in [0.2, 0.25) is 0 Å². The second kappa shape index (κ2) is 5.68. The number of benzene rings is 1. The molecule has 1 aromatic carbocycles. The van der Waals surface area contributed by atoms with Gasteiger partial charge < -0.3 is 15.5 Å². The third-order valence-corrected chi connectivity index (χ3v) is 2.90. The number of urea groups is 1. The minimum Gasteiger partial charge on any atom is -0.323 e. The van der Waals surface area contributed by atoms with Crippen molar-refractivity contribution in [2.75, 3.05) is 25.0 Å². The lowest BCUT2D eigenvalue weighted by Crippen LogP contribution is -2.41. The van der Waals surface area contributed by atoms with E-state index in [0.717, 1.165) is 31.7 Å². The number of carbonyl (C=O) groups excluding carboxylic acids is 1. The largest absolute Gasteiger partial charge is 0.323 e. The van der Waals surface area contributed by atoms with Gasteiger partial charge in [0.25, 0.3) is 0 Å². The lowest BCUT2D eigenvalue weighted by Gasteiger charge is -2.23. The average molecular weight is 233 g/mol. The monoisotopic (exact) mass is 233 g/mol. The molecular weight excluding hydrogens is 214 g/mol. The van der Waals surface area contributed by atoms with Gasteiger partial charge >= 0.3 is 6.03 Å². The predicted molar refractivity (Wildman–Crippen MR) is 69.1 cm³/mol. The number of anilines is 1. The number of hydrogen-bond donors (Lipinski definition) is 2. The molecule has 0 spiro atoms. The van der Waals surface area contributed by atoms with Crippen LogP contribution in [0.25, 0.3) is 0 Å². The summed E-state index contributed by atoms with van der Waals surface area (Å²) in [5, 5.41) is 6.29. The van der Waals surface area contributed by atoms with Crippen LogP contribution in [0.5, 0.6) is 0 Å². The van der Waals surface area contributed by atoms with E-state index in [1.165, 1.54) is 0 Å². The highest BCUT2D eigenvalue weighted by molar-refractivity contribution is 5.89. The molecule has 1 heterocycles. The zero-order valence-corrected chi connectivity index (χ0v) is 10.1. The Morgan fingerprint density at radius 3 is 2.94 bits per heavy atom. The van der Waals surface area contributed by atoms with Crippen LogP contribution >= 0.6 is 0 Å². The number of carbonyl (C=O) groups is 1. The maximum atomic E-state index is 12.1. The van der Waals surface area contributed by atoms with Gasteiger partial charge in [-0.3, -0.25) is 0 Å². The van der Waals surface area contributed by atoms with Gasteiger partial charge in [-0.25, -0.2) is 4.79 Å². The smallest absolute Gasteiger partial charge is 0.321 e. The average Bonchev–Trinajstić information content (AvgIpc) is 2.55. The molecule has 1 atom stereocenters. The molecule has 1 aliphatic rings. The molecule has 0 aromatic heterocycles. The van der Waals surface area contributed by atoms with Crippen LogP contribution in [0.3, 0.4) is 0 Å². The van der Waals surface area contributed by atoms with E-state index in [0.29, 0.717) is 6.04 Å². The van der Waals surface area contributed by atoms with Gasteiger partial charge in [0.05, 0.1) is 0 Å². The lowest BCUT2D eigenvalue weighted by atomic mass is 10.3. The fourth-order valence-corrected chi connectivity index (χ4v) is 2.01. The van der Waals surface area contributed by atoms with E-state index in [2.05, 4.69) is 17.6 Å². The highest BCUT2D eigenvalue weighted by Crippen LogP contribution is 2.08. The Morgan fingerprint density at radius 2 is 2.18 bits per heavy atom. The number of nitrogens with one attached hydrogen (secondary N) is 2. The molecule has 0 radical (unpaired) electrons. The SMILES string of the molecule is CC1CN(C(=O)Nc2ccccc2)CCCN1. The van der Waals surface area contributed by atoms with Crippen molar-refractivity contribution in [3.8, 4) is 0 Å². The molecule has 0 saturated carbocycles. The summed E-state index contributed by atoms with van der Waals surface area (Å²) >= 11 is 0. The highest BCUT2D eigenvalue weighted by atomic mass is 16.2. The molecule has 2 amide bonds. The van der Waals surface area contributed by atoms with Crippen LogP contribution in [-0.4, -0.2) is 36.6 Å². The Balaban J connectivity index is 1.95. The van der Waals surface area contributed by atoms with Crippen molar-refractivity contribution in [3.05, 3.63) is 30.3 Å². The Bertz CT molecular complexity index is 366. The van der Waals surface area contributed by atoms with Gasteiger partial charge in [-0.2, -0.15) is 0 Å². The first-order valence-electron chi connectivity index (χ1n) is 6.10. The van der Waals surface area contributed by atoms with Crippen LogP contribution < -0.4 is 10.6 Å². The second-order valence-corrected chi connectivity index (χ2v) is 4.45. The summed E-state index contributed by atoms with van der Waals surface area (Å²) in [5.41, 5.74) is 0.849. The zero-order valence-electron chi connectivity index (χ0n) is 10.1. The third kappa shape index (κ3) is 3.46. The van der Waals surface area contributed by atoms with Crippen LogP contribution in [0.15, 0.2) is 30.3 Å². The molecule has 1 fully saturated rings. The van der Waals surface area contributed by atoms with E-state index < -0.39 is 0 Å². The number of nitrogens with zero attached hydrogens (tertiary/aromatic N) is 1. The zero-order chi connectivity index (χ0) is 12.1. The Morgan fingerprint density at radius 1 is 1.41 bits per heavy atom. The summed E-state index contributed by atoms with van der Waals surface area (Å²) in [4.78, 5) is 13.9. The molecule has 1 saturated heterocycles.